The summed E-state index contributed by atoms with van der Waals surface area (Å²) < 4.78 is 5.55. The molecular formula is C27H35N3O4. The van der Waals surface area contributed by atoms with Gasteiger partial charge in [0.15, 0.2) is 0 Å². The van der Waals surface area contributed by atoms with Crippen molar-refractivity contribution in [3.05, 3.63) is 64.7 Å². The van der Waals surface area contributed by atoms with Gasteiger partial charge in [-0.2, -0.15) is 0 Å². The van der Waals surface area contributed by atoms with Crippen LogP contribution in [0.3, 0.4) is 0 Å². The minimum atomic E-state index is -0.655. The highest BCUT2D eigenvalue weighted by Crippen LogP contribution is 2.40. The molecule has 1 saturated heterocycles. The van der Waals surface area contributed by atoms with Crippen molar-refractivity contribution in [1.82, 2.24) is 9.80 Å². The maximum absolute atomic E-state index is 13.2. The number of hydrogen-bond acceptors (Lipinski definition) is 6. The van der Waals surface area contributed by atoms with E-state index in [2.05, 4.69) is 0 Å². The Morgan fingerprint density at radius 1 is 1.06 bits per heavy atom. The van der Waals surface area contributed by atoms with Crippen LogP contribution in [-0.2, 0) is 9.59 Å². The Morgan fingerprint density at radius 3 is 2.29 bits per heavy atom. The van der Waals surface area contributed by atoms with Gasteiger partial charge in [0.2, 0.25) is 0 Å². The number of anilines is 1. The van der Waals surface area contributed by atoms with Crippen LogP contribution in [0.25, 0.3) is 5.76 Å². The molecule has 1 aliphatic heterocycles. The first kappa shape index (κ1) is 25.3. The van der Waals surface area contributed by atoms with Gasteiger partial charge in [0.05, 0.1) is 18.2 Å². The Bertz CT molecular complexity index is 1070. The second-order valence-corrected chi connectivity index (χ2v) is 9.05. The maximum atomic E-state index is 13.2. The van der Waals surface area contributed by atoms with Crippen LogP contribution in [-0.4, -0.2) is 74.5 Å². The maximum Gasteiger partial charge on any atom is 0.295 e. The molecule has 0 spiro atoms. The highest BCUT2D eigenvalue weighted by Gasteiger charge is 2.45. The lowest BCUT2D eigenvalue weighted by Crippen LogP contribution is -2.32. The number of likely N-dealkylation sites (tertiary alicyclic amines) is 1. The van der Waals surface area contributed by atoms with Crippen LogP contribution in [0.5, 0.6) is 5.75 Å². The molecule has 0 bridgehead atoms. The lowest BCUT2D eigenvalue weighted by atomic mass is 9.93. The van der Waals surface area contributed by atoms with Crippen LogP contribution < -0.4 is 9.64 Å². The predicted molar refractivity (Wildman–Crippen MR) is 135 cm³/mol. The second kappa shape index (κ2) is 10.7. The molecule has 1 atom stereocenters. The van der Waals surface area contributed by atoms with Crippen molar-refractivity contribution in [2.75, 3.05) is 52.8 Å². The van der Waals surface area contributed by atoms with Crippen LogP contribution in [0.15, 0.2) is 48.0 Å². The number of hydrogen-bond donors (Lipinski definition) is 1. The number of carbonyl (C=O) groups excluding carboxylic acids is 2. The number of aliphatic hydroxyl groups excluding tert-OH is 1. The number of carbonyl (C=O) groups is 2. The van der Waals surface area contributed by atoms with Gasteiger partial charge in [-0.1, -0.05) is 12.1 Å². The highest BCUT2D eigenvalue weighted by molar-refractivity contribution is 6.46. The Morgan fingerprint density at radius 2 is 1.74 bits per heavy atom. The number of aliphatic hydroxyl groups is 1. The van der Waals surface area contributed by atoms with E-state index < -0.39 is 17.7 Å². The summed E-state index contributed by atoms with van der Waals surface area (Å²) in [6.45, 7) is 5.50. The van der Waals surface area contributed by atoms with Gasteiger partial charge in [-0.15, -0.1) is 0 Å². The fraction of sp³-hybridized carbons (Fsp3) is 0.407. The Kier molecular flexibility index (Phi) is 7.99. The molecule has 0 aromatic heterocycles. The fourth-order valence-electron chi connectivity index (χ4n) is 4.27. The zero-order valence-corrected chi connectivity index (χ0v) is 21.0. The van der Waals surface area contributed by atoms with E-state index in [1.165, 1.54) is 0 Å². The molecule has 2 aromatic rings. The SMILES string of the molecule is CCOc1ccc(/C(O)=C2\C(=O)C(=O)N(CCCN(C)C)C2c2ccc(N(C)C)cc2)c(C)c1. The highest BCUT2D eigenvalue weighted by atomic mass is 16.5. The molecule has 1 unspecified atom stereocenters. The van der Waals surface area contributed by atoms with E-state index in [9.17, 15) is 14.7 Å². The number of ketones is 1. The number of benzene rings is 2. The molecule has 0 aliphatic carbocycles. The minimum Gasteiger partial charge on any atom is -0.507 e. The van der Waals surface area contributed by atoms with Crippen LogP contribution in [0.2, 0.25) is 0 Å². The minimum absolute atomic E-state index is 0.125. The average Bonchev–Trinajstić information content (AvgIpc) is 3.04. The van der Waals surface area contributed by atoms with Crippen molar-refractivity contribution in [2.24, 2.45) is 0 Å². The summed E-state index contributed by atoms with van der Waals surface area (Å²) in [5.41, 5.74) is 3.21. The van der Waals surface area contributed by atoms with Gasteiger partial charge in [0.25, 0.3) is 11.7 Å². The molecule has 1 aliphatic rings. The summed E-state index contributed by atoms with van der Waals surface area (Å²) in [5, 5.41) is 11.3. The van der Waals surface area contributed by atoms with Crippen molar-refractivity contribution in [1.29, 1.82) is 0 Å². The molecule has 1 heterocycles. The largest absolute Gasteiger partial charge is 0.507 e. The number of aryl methyl sites for hydroxylation is 1. The second-order valence-electron chi connectivity index (χ2n) is 9.05. The van der Waals surface area contributed by atoms with Crippen LogP contribution in [0, 0.1) is 6.92 Å². The van der Waals surface area contributed by atoms with Crippen molar-refractivity contribution < 1.29 is 19.4 Å². The molecule has 7 heteroatoms. The lowest BCUT2D eigenvalue weighted by molar-refractivity contribution is -0.139. The van der Waals surface area contributed by atoms with Crippen LogP contribution >= 0.6 is 0 Å². The van der Waals surface area contributed by atoms with E-state index in [-0.39, 0.29) is 11.3 Å². The molecular weight excluding hydrogens is 430 g/mol. The molecule has 0 radical (unpaired) electrons. The zero-order valence-electron chi connectivity index (χ0n) is 21.0. The summed E-state index contributed by atoms with van der Waals surface area (Å²) in [4.78, 5) is 31.9. The van der Waals surface area contributed by atoms with Gasteiger partial charge < -0.3 is 24.5 Å². The van der Waals surface area contributed by atoms with E-state index >= 15 is 0 Å². The van der Waals surface area contributed by atoms with Crippen molar-refractivity contribution in [3.8, 4) is 5.75 Å². The van der Waals surface area contributed by atoms with Gasteiger partial charge in [0.1, 0.15) is 11.5 Å². The topological polar surface area (TPSA) is 73.3 Å². The summed E-state index contributed by atoms with van der Waals surface area (Å²) in [6.07, 6.45) is 0.717. The first-order valence-electron chi connectivity index (χ1n) is 11.6. The van der Waals surface area contributed by atoms with Gasteiger partial charge in [-0.3, -0.25) is 9.59 Å². The molecule has 1 amide bonds. The van der Waals surface area contributed by atoms with Crippen LogP contribution in [0.4, 0.5) is 5.69 Å². The third-order valence-electron chi connectivity index (χ3n) is 6.03. The van der Waals surface area contributed by atoms with E-state index in [4.69, 9.17) is 4.74 Å². The molecule has 0 saturated carbocycles. The molecule has 2 aromatic carbocycles. The lowest BCUT2D eigenvalue weighted by Gasteiger charge is -2.26. The fourth-order valence-corrected chi connectivity index (χ4v) is 4.27. The Balaban J connectivity index is 2.10. The van der Waals surface area contributed by atoms with Crippen molar-refractivity contribution in [2.45, 2.75) is 26.3 Å². The Labute approximate surface area is 202 Å². The molecule has 7 nitrogen and oxygen atoms in total. The van der Waals surface area contributed by atoms with Gasteiger partial charge in [0, 0.05) is 31.9 Å². The van der Waals surface area contributed by atoms with Gasteiger partial charge >= 0.3 is 0 Å². The summed E-state index contributed by atoms with van der Waals surface area (Å²) in [7, 11) is 7.86. The number of ether oxygens (including phenoxy) is 1. The quantitative estimate of drug-likeness (QED) is 0.345. The molecule has 34 heavy (non-hydrogen) atoms. The number of rotatable bonds is 9. The third-order valence-corrected chi connectivity index (χ3v) is 6.03. The number of nitrogens with zero attached hydrogens (tertiary/aromatic N) is 3. The Hall–Kier alpha value is -3.32. The first-order chi connectivity index (χ1) is 16.1. The van der Waals surface area contributed by atoms with E-state index in [1.54, 1.807) is 17.0 Å². The van der Waals surface area contributed by atoms with Crippen molar-refractivity contribution >= 4 is 23.1 Å². The standard InChI is InChI=1S/C27H35N3O4/c1-7-34-21-13-14-22(18(2)17-21)25(31)23-24(19-9-11-20(12-10-19)29(5)6)30(27(33)26(23)32)16-8-15-28(3)4/h9-14,17,24,31H,7-8,15-16H2,1-6H3/b25-23+. The van der Waals surface area contributed by atoms with Crippen LogP contribution in [0.1, 0.15) is 36.1 Å². The first-order valence-corrected chi connectivity index (χ1v) is 11.6. The smallest absolute Gasteiger partial charge is 0.295 e. The van der Waals surface area contributed by atoms with Gasteiger partial charge in [-0.05, 0) is 82.4 Å². The summed E-state index contributed by atoms with van der Waals surface area (Å²) in [5.74, 6) is -0.699. The molecule has 1 N–H and O–H groups in total. The van der Waals surface area contributed by atoms with E-state index in [0.717, 1.165) is 23.4 Å². The van der Waals surface area contributed by atoms with Gasteiger partial charge in [-0.25, -0.2) is 0 Å². The molecule has 182 valence electrons. The summed E-state index contributed by atoms with van der Waals surface area (Å²) in [6, 6.07) is 12.4. The van der Waals surface area contributed by atoms with Crippen molar-refractivity contribution in [3.63, 3.8) is 0 Å². The van der Waals surface area contributed by atoms with E-state index in [1.807, 2.05) is 82.2 Å². The number of amides is 1. The third kappa shape index (κ3) is 5.25. The molecule has 1 fully saturated rings. The van der Waals surface area contributed by atoms with E-state index in [0.29, 0.717) is 30.9 Å². The predicted octanol–water partition coefficient (Wildman–Crippen LogP) is 3.83. The normalized spacial score (nSPS) is 17.5. The molecule has 3 rings (SSSR count). The monoisotopic (exact) mass is 465 g/mol. The number of Topliss-reactive ketones (excluding diaryl/α,β-unsaturated/α-hetero) is 1. The average molecular weight is 466 g/mol. The summed E-state index contributed by atoms with van der Waals surface area (Å²) >= 11 is 0. The zero-order chi connectivity index (χ0) is 25.0.